The van der Waals surface area contributed by atoms with Crippen LogP contribution in [0.3, 0.4) is 0 Å². The number of rotatable bonds is 2. The zero-order chi connectivity index (χ0) is 6.69. The summed E-state index contributed by atoms with van der Waals surface area (Å²) in [6.07, 6.45) is 8.47. The van der Waals surface area contributed by atoms with Gasteiger partial charge < -0.3 is 0 Å². The molecule has 0 aromatic carbocycles. The fraction of sp³-hybridized carbons (Fsp3) is 0.667. The van der Waals surface area contributed by atoms with E-state index in [4.69, 9.17) is 0 Å². The molecule has 1 aliphatic rings. The third kappa shape index (κ3) is 2.21. The first-order chi connectivity index (χ1) is 4.29. The van der Waals surface area contributed by atoms with E-state index in [0.29, 0.717) is 0 Å². The molecule has 0 fully saturated rings. The van der Waals surface area contributed by atoms with Gasteiger partial charge in [-0.3, -0.25) is 0 Å². The predicted octanol–water partition coefficient (Wildman–Crippen LogP) is 2.96. The summed E-state index contributed by atoms with van der Waals surface area (Å²) in [4.78, 5) is 0. The summed E-state index contributed by atoms with van der Waals surface area (Å²) < 4.78 is 0. The maximum atomic E-state index is 2.29. The fourth-order valence-electron chi connectivity index (χ4n) is 1.30. The lowest BCUT2D eigenvalue weighted by atomic mass is 9.97. The van der Waals surface area contributed by atoms with Gasteiger partial charge in [0, 0.05) is 0 Å². The van der Waals surface area contributed by atoms with Crippen molar-refractivity contribution in [3.63, 3.8) is 0 Å². The van der Waals surface area contributed by atoms with Crippen molar-refractivity contribution >= 4 is 0 Å². The van der Waals surface area contributed by atoms with Crippen LogP contribution in [0.2, 0.25) is 0 Å². The number of allylic oxidation sites excluding steroid dienone is 2. The van der Waals surface area contributed by atoms with Gasteiger partial charge in [-0.1, -0.05) is 26.0 Å². The van der Waals surface area contributed by atoms with E-state index >= 15 is 0 Å². The van der Waals surface area contributed by atoms with Crippen LogP contribution in [-0.2, 0) is 0 Å². The molecule has 0 aromatic rings. The molecule has 9 heavy (non-hydrogen) atoms. The Bertz CT molecular complexity index is 101. The van der Waals surface area contributed by atoms with Crippen molar-refractivity contribution in [3.8, 4) is 0 Å². The lowest BCUT2D eigenvalue weighted by Crippen LogP contribution is -1.94. The average molecular weight is 123 g/mol. The second-order valence-corrected chi connectivity index (χ2v) is 3.20. The molecule has 1 radical (unpaired) electrons. The fourth-order valence-corrected chi connectivity index (χ4v) is 1.30. The van der Waals surface area contributed by atoms with Gasteiger partial charge in [-0.2, -0.15) is 0 Å². The molecule has 0 saturated heterocycles. The van der Waals surface area contributed by atoms with Gasteiger partial charge in [0.15, 0.2) is 0 Å². The molecule has 0 aliphatic heterocycles. The summed E-state index contributed by atoms with van der Waals surface area (Å²) in [6.45, 7) is 4.55. The predicted molar refractivity (Wildman–Crippen MR) is 41.1 cm³/mol. The van der Waals surface area contributed by atoms with Crippen LogP contribution in [0.15, 0.2) is 12.2 Å². The van der Waals surface area contributed by atoms with E-state index in [1.54, 1.807) is 5.92 Å². The molecule has 0 unspecified atom stereocenters. The van der Waals surface area contributed by atoms with Gasteiger partial charge in [0.25, 0.3) is 0 Å². The summed E-state index contributed by atoms with van der Waals surface area (Å²) in [5.74, 6) is 2.48. The highest BCUT2D eigenvalue weighted by Crippen LogP contribution is 2.25. The average Bonchev–Trinajstić information content (AvgIpc) is 2.15. The smallest absolute Gasteiger partial charge is 0.00218 e. The van der Waals surface area contributed by atoms with E-state index in [1.165, 1.54) is 19.3 Å². The zero-order valence-corrected chi connectivity index (χ0v) is 6.35. The zero-order valence-electron chi connectivity index (χ0n) is 6.35. The standard InChI is InChI=1S/C9H15/c1-8(2)7-9-5-3-4-6-9/h3,5,8H,4,6-7H2,1-2H3. The van der Waals surface area contributed by atoms with Gasteiger partial charge in [0.05, 0.1) is 0 Å². The molecule has 0 nitrogen and oxygen atoms in total. The second kappa shape index (κ2) is 3.05. The Morgan fingerprint density at radius 3 is 2.78 bits per heavy atom. The minimum atomic E-state index is 0.836. The van der Waals surface area contributed by atoms with Crippen LogP contribution in [0.4, 0.5) is 0 Å². The first-order valence-corrected chi connectivity index (χ1v) is 3.80. The molecule has 0 atom stereocenters. The second-order valence-electron chi connectivity index (χ2n) is 3.20. The van der Waals surface area contributed by atoms with Crippen LogP contribution in [0.25, 0.3) is 0 Å². The molecule has 1 rings (SSSR count). The minimum absolute atomic E-state index is 0.836. The quantitative estimate of drug-likeness (QED) is 0.529. The van der Waals surface area contributed by atoms with Crippen LogP contribution in [-0.4, -0.2) is 0 Å². The van der Waals surface area contributed by atoms with E-state index in [0.717, 1.165) is 5.92 Å². The topological polar surface area (TPSA) is 0 Å². The molecule has 0 heteroatoms. The van der Waals surface area contributed by atoms with Crippen molar-refractivity contribution in [1.82, 2.24) is 0 Å². The maximum Gasteiger partial charge on any atom is -0.00218 e. The Morgan fingerprint density at radius 2 is 2.33 bits per heavy atom. The molecule has 0 heterocycles. The Kier molecular flexibility index (Phi) is 2.32. The van der Waals surface area contributed by atoms with Crippen molar-refractivity contribution in [2.45, 2.75) is 33.1 Å². The molecule has 0 N–H and O–H groups in total. The largest absolute Gasteiger partial charge is 0.0879 e. The van der Waals surface area contributed by atoms with Crippen molar-refractivity contribution in [3.05, 3.63) is 18.1 Å². The Balaban J connectivity index is 2.20. The van der Waals surface area contributed by atoms with Crippen molar-refractivity contribution in [1.29, 1.82) is 0 Å². The number of hydrogen-bond donors (Lipinski definition) is 0. The highest BCUT2D eigenvalue weighted by molar-refractivity contribution is 5.16. The van der Waals surface area contributed by atoms with Gasteiger partial charge in [0.1, 0.15) is 0 Å². The van der Waals surface area contributed by atoms with E-state index in [9.17, 15) is 0 Å². The Morgan fingerprint density at radius 1 is 1.56 bits per heavy atom. The maximum absolute atomic E-state index is 2.29. The van der Waals surface area contributed by atoms with Gasteiger partial charge in [-0.25, -0.2) is 0 Å². The molecule has 0 saturated carbocycles. The SMILES string of the molecule is CC(C)C[C]1C=CCC1. The Labute approximate surface area is 58.0 Å². The van der Waals surface area contributed by atoms with Crippen LogP contribution in [0.5, 0.6) is 0 Å². The number of hydrogen-bond acceptors (Lipinski definition) is 0. The first kappa shape index (κ1) is 6.85. The van der Waals surface area contributed by atoms with Crippen LogP contribution >= 0.6 is 0 Å². The first-order valence-electron chi connectivity index (χ1n) is 3.80. The van der Waals surface area contributed by atoms with Crippen molar-refractivity contribution < 1.29 is 0 Å². The van der Waals surface area contributed by atoms with Gasteiger partial charge in [-0.05, 0) is 31.1 Å². The molecule has 0 spiro atoms. The van der Waals surface area contributed by atoms with E-state index in [-0.39, 0.29) is 0 Å². The van der Waals surface area contributed by atoms with Crippen molar-refractivity contribution in [2.75, 3.05) is 0 Å². The highest BCUT2D eigenvalue weighted by Gasteiger charge is 2.10. The van der Waals surface area contributed by atoms with Crippen LogP contribution < -0.4 is 0 Å². The molecule has 0 bridgehead atoms. The Hall–Kier alpha value is -0.260. The van der Waals surface area contributed by atoms with Gasteiger partial charge in [0.2, 0.25) is 0 Å². The molecular formula is C9H15. The highest BCUT2D eigenvalue weighted by atomic mass is 14.1. The summed E-state index contributed by atoms with van der Waals surface area (Å²) in [5, 5.41) is 0. The summed E-state index contributed by atoms with van der Waals surface area (Å²) in [7, 11) is 0. The van der Waals surface area contributed by atoms with Gasteiger partial charge >= 0.3 is 0 Å². The van der Waals surface area contributed by atoms with E-state index < -0.39 is 0 Å². The normalized spacial score (nSPS) is 19.9. The third-order valence-corrected chi connectivity index (χ3v) is 1.66. The van der Waals surface area contributed by atoms with Crippen LogP contribution in [0, 0.1) is 11.8 Å². The summed E-state index contributed by atoms with van der Waals surface area (Å²) >= 11 is 0. The molecule has 0 amide bonds. The van der Waals surface area contributed by atoms with E-state index in [1.807, 2.05) is 0 Å². The van der Waals surface area contributed by atoms with Crippen molar-refractivity contribution in [2.24, 2.45) is 5.92 Å². The van der Waals surface area contributed by atoms with E-state index in [2.05, 4.69) is 26.0 Å². The van der Waals surface area contributed by atoms with Crippen LogP contribution in [0.1, 0.15) is 33.1 Å². The molecular weight excluding hydrogens is 108 g/mol. The van der Waals surface area contributed by atoms with Gasteiger partial charge in [-0.15, -0.1) is 0 Å². The summed E-state index contributed by atoms with van der Waals surface area (Å²) in [6, 6.07) is 0. The monoisotopic (exact) mass is 123 g/mol. The summed E-state index contributed by atoms with van der Waals surface area (Å²) in [5.41, 5.74) is 0. The molecule has 1 aliphatic carbocycles. The lowest BCUT2D eigenvalue weighted by molar-refractivity contribution is 0.598. The lowest BCUT2D eigenvalue weighted by Gasteiger charge is -2.08. The minimum Gasteiger partial charge on any atom is -0.0879 e. The molecule has 0 aromatic heterocycles. The third-order valence-electron chi connectivity index (χ3n) is 1.66. The molecule has 51 valence electrons.